The van der Waals surface area contributed by atoms with Gasteiger partial charge in [-0.2, -0.15) is 0 Å². The van der Waals surface area contributed by atoms with Gasteiger partial charge in [0.1, 0.15) is 5.82 Å². The Hall–Kier alpha value is -2.73. The van der Waals surface area contributed by atoms with Gasteiger partial charge in [0.25, 0.3) is 5.91 Å². The quantitative estimate of drug-likeness (QED) is 0.803. The van der Waals surface area contributed by atoms with E-state index in [0.29, 0.717) is 5.69 Å². The van der Waals surface area contributed by atoms with Gasteiger partial charge in [0, 0.05) is 12.2 Å². The van der Waals surface area contributed by atoms with Crippen LogP contribution in [-0.4, -0.2) is 36.3 Å². The van der Waals surface area contributed by atoms with Crippen LogP contribution in [0, 0.1) is 11.7 Å². The molecule has 2 aromatic carbocycles. The number of hydrogen-bond donors (Lipinski definition) is 2. The fourth-order valence-electron chi connectivity index (χ4n) is 3.28. The van der Waals surface area contributed by atoms with Crippen molar-refractivity contribution >= 4 is 17.5 Å². The second-order valence-electron chi connectivity index (χ2n) is 7.37. The van der Waals surface area contributed by atoms with E-state index in [-0.39, 0.29) is 18.0 Å². The van der Waals surface area contributed by atoms with E-state index in [1.54, 1.807) is 6.07 Å². The average molecular weight is 383 g/mol. The van der Waals surface area contributed by atoms with Crippen molar-refractivity contribution in [2.75, 3.05) is 25.0 Å². The number of nitrogens with zero attached hydrogens (tertiary/aromatic N) is 1. The molecule has 2 N–H and O–H groups in total. The molecule has 148 valence electrons. The summed E-state index contributed by atoms with van der Waals surface area (Å²) in [7, 11) is 0. The smallest absolute Gasteiger partial charge is 0.254 e. The van der Waals surface area contributed by atoms with Crippen molar-refractivity contribution < 1.29 is 14.0 Å². The van der Waals surface area contributed by atoms with E-state index in [1.165, 1.54) is 36.6 Å². The third-order valence-electron chi connectivity index (χ3n) is 5.05. The van der Waals surface area contributed by atoms with Crippen LogP contribution in [0.15, 0.2) is 48.5 Å². The Morgan fingerprint density at radius 2 is 1.75 bits per heavy atom. The van der Waals surface area contributed by atoms with Crippen LogP contribution in [0.3, 0.4) is 0 Å². The van der Waals surface area contributed by atoms with E-state index in [0.717, 1.165) is 25.6 Å². The van der Waals surface area contributed by atoms with Crippen molar-refractivity contribution in [2.45, 2.75) is 26.3 Å². The Kier molecular flexibility index (Phi) is 6.76. The molecule has 0 bridgehead atoms. The molecule has 0 spiro atoms. The Balaban J connectivity index is 1.45. The molecule has 1 heterocycles. The summed E-state index contributed by atoms with van der Waals surface area (Å²) in [6.07, 6.45) is 2.49. The fourth-order valence-corrected chi connectivity index (χ4v) is 3.28. The maximum atomic E-state index is 13.6. The van der Waals surface area contributed by atoms with Crippen LogP contribution in [0.1, 0.15) is 35.7 Å². The van der Waals surface area contributed by atoms with E-state index in [9.17, 15) is 14.0 Å². The number of anilines is 1. The summed E-state index contributed by atoms with van der Waals surface area (Å²) in [4.78, 5) is 26.4. The maximum Gasteiger partial charge on any atom is 0.254 e. The molecule has 28 heavy (non-hydrogen) atoms. The molecule has 1 aliphatic heterocycles. The van der Waals surface area contributed by atoms with E-state index >= 15 is 0 Å². The monoisotopic (exact) mass is 383 g/mol. The Bertz CT molecular complexity index is 815. The van der Waals surface area contributed by atoms with E-state index in [1.807, 2.05) is 24.3 Å². The standard InChI is InChI=1S/C22H26FN3O2/c1-16-10-12-26(13-11-16)15-17-6-8-18(9-7-17)25-21(27)14-24-22(28)19-4-2-3-5-20(19)23/h2-9,16H,10-15H2,1H3,(H,24,28)(H,25,27). The third kappa shape index (κ3) is 5.63. The van der Waals surface area contributed by atoms with Crippen molar-refractivity contribution in [3.05, 3.63) is 65.5 Å². The van der Waals surface area contributed by atoms with Crippen LogP contribution in [-0.2, 0) is 11.3 Å². The lowest BCUT2D eigenvalue weighted by Crippen LogP contribution is -2.33. The molecule has 5 nitrogen and oxygen atoms in total. The number of amides is 2. The zero-order chi connectivity index (χ0) is 19.9. The summed E-state index contributed by atoms with van der Waals surface area (Å²) >= 11 is 0. The molecule has 6 heteroatoms. The lowest BCUT2D eigenvalue weighted by atomic mass is 9.99. The number of nitrogens with one attached hydrogen (secondary N) is 2. The van der Waals surface area contributed by atoms with Crippen molar-refractivity contribution in [1.29, 1.82) is 0 Å². The minimum absolute atomic E-state index is 0.0771. The number of piperidine rings is 1. The molecular weight excluding hydrogens is 357 g/mol. The summed E-state index contributed by atoms with van der Waals surface area (Å²) in [5.41, 5.74) is 1.80. The van der Waals surface area contributed by atoms with E-state index in [4.69, 9.17) is 0 Å². The van der Waals surface area contributed by atoms with Crippen LogP contribution in [0.25, 0.3) is 0 Å². The third-order valence-corrected chi connectivity index (χ3v) is 5.05. The van der Waals surface area contributed by atoms with Crippen LogP contribution in [0.4, 0.5) is 10.1 Å². The SMILES string of the molecule is CC1CCN(Cc2ccc(NC(=O)CNC(=O)c3ccccc3F)cc2)CC1. The molecular formula is C22H26FN3O2. The minimum Gasteiger partial charge on any atom is -0.343 e. The van der Waals surface area contributed by atoms with Gasteiger partial charge in [-0.05, 0) is 61.7 Å². The largest absolute Gasteiger partial charge is 0.343 e. The van der Waals surface area contributed by atoms with Crippen LogP contribution in [0.5, 0.6) is 0 Å². The van der Waals surface area contributed by atoms with Crippen molar-refractivity contribution in [3.8, 4) is 0 Å². The number of benzene rings is 2. The fraction of sp³-hybridized carbons (Fsp3) is 0.364. The summed E-state index contributed by atoms with van der Waals surface area (Å²) in [6, 6.07) is 13.4. The van der Waals surface area contributed by atoms with Crippen LogP contribution in [0.2, 0.25) is 0 Å². The molecule has 0 atom stereocenters. The molecule has 0 saturated carbocycles. The lowest BCUT2D eigenvalue weighted by Gasteiger charge is -2.30. The lowest BCUT2D eigenvalue weighted by molar-refractivity contribution is -0.115. The Labute approximate surface area is 164 Å². The predicted molar refractivity (Wildman–Crippen MR) is 107 cm³/mol. The highest BCUT2D eigenvalue weighted by Crippen LogP contribution is 2.19. The molecule has 3 rings (SSSR count). The molecule has 0 aromatic heterocycles. The van der Waals surface area contributed by atoms with Gasteiger partial charge in [-0.1, -0.05) is 31.2 Å². The summed E-state index contributed by atoms with van der Waals surface area (Å²) < 4.78 is 13.6. The summed E-state index contributed by atoms with van der Waals surface area (Å²) in [5, 5.41) is 5.17. The number of hydrogen-bond acceptors (Lipinski definition) is 3. The highest BCUT2D eigenvalue weighted by molar-refractivity contribution is 5.99. The Morgan fingerprint density at radius 1 is 1.07 bits per heavy atom. The van der Waals surface area contributed by atoms with Crippen molar-refractivity contribution in [2.24, 2.45) is 5.92 Å². The number of likely N-dealkylation sites (tertiary alicyclic amines) is 1. The number of halogens is 1. The first kappa shape index (κ1) is 20.0. The van der Waals surface area contributed by atoms with Crippen molar-refractivity contribution in [3.63, 3.8) is 0 Å². The first-order valence-electron chi connectivity index (χ1n) is 9.65. The van der Waals surface area contributed by atoms with Gasteiger partial charge < -0.3 is 10.6 Å². The number of carbonyl (C=O) groups is 2. The molecule has 1 saturated heterocycles. The van der Waals surface area contributed by atoms with Gasteiger partial charge >= 0.3 is 0 Å². The first-order valence-corrected chi connectivity index (χ1v) is 9.65. The maximum absolute atomic E-state index is 13.6. The molecule has 2 amide bonds. The molecule has 0 aliphatic carbocycles. The van der Waals surface area contributed by atoms with Gasteiger partial charge in [-0.3, -0.25) is 14.5 Å². The zero-order valence-corrected chi connectivity index (χ0v) is 16.1. The highest BCUT2D eigenvalue weighted by atomic mass is 19.1. The molecule has 0 unspecified atom stereocenters. The second-order valence-corrected chi connectivity index (χ2v) is 7.37. The van der Waals surface area contributed by atoms with Crippen LogP contribution < -0.4 is 10.6 Å². The van der Waals surface area contributed by atoms with Crippen molar-refractivity contribution in [1.82, 2.24) is 10.2 Å². The number of carbonyl (C=O) groups excluding carboxylic acids is 2. The highest BCUT2D eigenvalue weighted by Gasteiger charge is 2.16. The van der Waals surface area contributed by atoms with Gasteiger partial charge in [0.05, 0.1) is 12.1 Å². The predicted octanol–water partition coefficient (Wildman–Crippen LogP) is 3.43. The summed E-state index contributed by atoms with van der Waals surface area (Å²) in [5.74, 6) is -0.770. The first-order chi connectivity index (χ1) is 13.5. The zero-order valence-electron chi connectivity index (χ0n) is 16.1. The Morgan fingerprint density at radius 3 is 2.43 bits per heavy atom. The van der Waals surface area contributed by atoms with Gasteiger partial charge in [0.2, 0.25) is 5.91 Å². The van der Waals surface area contributed by atoms with Gasteiger partial charge in [-0.25, -0.2) is 4.39 Å². The summed E-state index contributed by atoms with van der Waals surface area (Å²) in [6.45, 7) is 5.25. The second kappa shape index (κ2) is 9.46. The van der Waals surface area contributed by atoms with Gasteiger partial charge in [0.15, 0.2) is 0 Å². The topological polar surface area (TPSA) is 61.4 Å². The van der Waals surface area contributed by atoms with Crippen LogP contribution >= 0.6 is 0 Å². The number of rotatable bonds is 6. The van der Waals surface area contributed by atoms with Gasteiger partial charge in [-0.15, -0.1) is 0 Å². The average Bonchev–Trinajstić information content (AvgIpc) is 2.70. The molecule has 1 aliphatic rings. The minimum atomic E-state index is -0.612. The molecule has 1 fully saturated rings. The normalized spacial score (nSPS) is 15.2. The van der Waals surface area contributed by atoms with E-state index in [2.05, 4.69) is 22.5 Å². The molecule has 2 aromatic rings. The molecule has 0 radical (unpaired) electrons. The van der Waals surface area contributed by atoms with E-state index < -0.39 is 11.7 Å².